The predicted molar refractivity (Wildman–Crippen MR) is 151 cm³/mol. The number of carbonyl (C=O) groups excluding carboxylic acids is 1. The molecule has 0 unspecified atom stereocenters. The number of benzene rings is 2. The van der Waals surface area contributed by atoms with E-state index in [2.05, 4.69) is 30.4 Å². The Bertz CT molecular complexity index is 1450. The number of nitrogens with one attached hydrogen (secondary N) is 2. The van der Waals surface area contributed by atoms with Crippen molar-refractivity contribution in [2.75, 3.05) is 46.6 Å². The van der Waals surface area contributed by atoms with Crippen LogP contribution in [0.1, 0.15) is 40.0 Å². The fraction of sp³-hybridized carbons (Fsp3) is 0.310. The van der Waals surface area contributed by atoms with Gasteiger partial charge in [0.15, 0.2) is 0 Å². The van der Waals surface area contributed by atoms with E-state index in [0.717, 1.165) is 60.1 Å². The van der Waals surface area contributed by atoms with Crippen molar-refractivity contribution in [1.29, 1.82) is 0 Å². The predicted octanol–water partition coefficient (Wildman–Crippen LogP) is 5.41. The van der Waals surface area contributed by atoms with Gasteiger partial charge in [-0.15, -0.1) is 0 Å². The minimum atomic E-state index is -0.373. The SMILES string of the molecule is CCc1nc(Nc2ncc(C(=O)Nc3c(C)cc(C)cc3C)o2)cc(N2CCN(c3ccc(F)cc3)CC2)n1. The lowest BCUT2D eigenvalue weighted by atomic mass is 10.1. The van der Waals surface area contributed by atoms with E-state index < -0.39 is 0 Å². The summed E-state index contributed by atoms with van der Waals surface area (Å²) in [4.78, 5) is 30.8. The molecule has 1 aliphatic rings. The van der Waals surface area contributed by atoms with Crippen LogP contribution in [-0.4, -0.2) is 47.0 Å². The van der Waals surface area contributed by atoms with Crippen LogP contribution in [0.5, 0.6) is 0 Å². The molecule has 5 rings (SSSR count). The standard InChI is InChI=1S/C29H32FN7O2/c1-5-24-32-25(16-26(33-24)37-12-10-36(11-13-37)22-8-6-21(30)7-9-22)34-29-31-17-23(39-29)28(38)35-27-19(3)14-18(2)15-20(27)4/h6-9,14-17H,5,10-13H2,1-4H3,(H,35,38)(H,31,32,33,34). The summed E-state index contributed by atoms with van der Waals surface area (Å²) in [5.41, 5.74) is 4.88. The van der Waals surface area contributed by atoms with E-state index in [9.17, 15) is 9.18 Å². The molecule has 0 saturated carbocycles. The van der Waals surface area contributed by atoms with Gasteiger partial charge in [-0.2, -0.15) is 0 Å². The number of aromatic nitrogens is 3. The first-order valence-electron chi connectivity index (χ1n) is 13.0. The number of piperazine rings is 1. The molecule has 1 aliphatic heterocycles. The van der Waals surface area contributed by atoms with Crippen LogP contribution < -0.4 is 20.4 Å². The molecule has 39 heavy (non-hydrogen) atoms. The molecule has 0 bridgehead atoms. The Morgan fingerprint density at radius 1 is 0.974 bits per heavy atom. The summed E-state index contributed by atoms with van der Waals surface area (Å²) in [7, 11) is 0. The molecule has 2 N–H and O–H groups in total. The maximum absolute atomic E-state index is 13.3. The molecule has 2 aromatic carbocycles. The van der Waals surface area contributed by atoms with Crippen LogP contribution in [0.15, 0.2) is 53.1 Å². The number of amides is 1. The Morgan fingerprint density at radius 3 is 2.31 bits per heavy atom. The first-order valence-corrected chi connectivity index (χ1v) is 13.0. The third kappa shape index (κ3) is 6.00. The minimum Gasteiger partial charge on any atom is -0.418 e. The van der Waals surface area contributed by atoms with Gasteiger partial charge < -0.3 is 19.5 Å². The summed E-state index contributed by atoms with van der Waals surface area (Å²) in [5, 5.41) is 6.02. The number of nitrogens with zero attached hydrogens (tertiary/aromatic N) is 5. The fourth-order valence-electron chi connectivity index (χ4n) is 4.81. The Balaban J connectivity index is 1.26. The molecule has 4 aromatic rings. The van der Waals surface area contributed by atoms with Gasteiger partial charge in [-0.05, 0) is 56.2 Å². The number of halogens is 1. The molecular formula is C29H32FN7O2. The van der Waals surface area contributed by atoms with Crippen LogP contribution in [-0.2, 0) is 6.42 Å². The van der Waals surface area contributed by atoms with E-state index in [1.165, 1.54) is 18.3 Å². The van der Waals surface area contributed by atoms with Crippen molar-refractivity contribution in [3.05, 3.63) is 82.8 Å². The Labute approximate surface area is 227 Å². The number of carbonyl (C=O) groups is 1. The number of anilines is 5. The number of hydrogen-bond acceptors (Lipinski definition) is 8. The van der Waals surface area contributed by atoms with Crippen molar-refractivity contribution in [1.82, 2.24) is 15.0 Å². The molecule has 10 heteroatoms. The van der Waals surface area contributed by atoms with Gasteiger partial charge in [0.1, 0.15) is 23.3 Å². The van der Waals surface area contributed by atoms with Crippen LogP contribution in [0.3, 0.4) is 0 Å². The van der Waals surface area contributed by atoms with Gasteiger partial charge in [0.25, 0.3) is 5.91 Å². The second kappa shape index (κ2) is 11.1. The van der Waals surface area contributed by atoms with E-state index in [1.54, 1.807) is 12.1 Å². The summed E-state index contributed by atoms with van der Waals surface area (Å²) in [6.07, 6.45) is 2.06. The Hall–Kier alpha value is -4.47. The summed E-state index contributed by atoms with van der Waals surface area (Å²) in [6, 6.07) is 12.7. The van der Waals surface area contributed by atoms with E-state index in [0.29, 0.717) is 18.1 Å². The molecule has 1 saturated heterocycles. The average Bonchev–Trinajstić information content (AvgIpc) is 3.39. The molecule has 0 spiro atoms. The normalized spacial score (nSPS) is 13.5. The van der Waals surface area contributed by atoms with Crippen LogP contribution in [0.25, 0.3) is 0 Å². The highest BCUT2D eigenvalue weighted by atomic mass is 19.1. The molecular weight excluding hydrogens is 497 g/mol. The van der Waals surface area contributed by atoms with Gasteiger partial charge in [-0.25, -0.2) is 19.3 Å². The number of oxazole rings is 1. The first-order chi connectivity index (χ1) is 18.8. The maximum Gasteiger partial charge on any atom is 0.301 e. The highest BCUT2D eigenvalue weighted by Gasteiger charge is 2.21. The fourth-order valence-corrected chi connectivity index (χ4v) is 4.81. The molecule has 0 radical (unpaired) electrons. The van der Waals surface area contributed by atoms with Gasteiger partial charge in [-0.1, -0.05) is 24.6 Å². The van der Waals surface area contributed by atoms with E-state index in [-0.39, 0.29) is 23.5 Å². The third-order valence-corrected chi connectivity index (χ3v) is 6.75. The monoisotopic (exact) mass is 529 g/mol. The van der Waals surface area contributed by atoms with E-state index in [4.69, 9.17) is 9.40 Å². The van der Waals surface area contributed by atoms with E-state index in [1.807, 2.05) is 45.9 Å². The molecule has 9 nitrogen and oxygen atoms in total. The topological polar surface area (TPSA) is 99.4 Å². The lowest BCUT2D eigenvalue weighted by Gasteiger charge is -2.36. The summed E-state index contributed by atoms with van der Waals surface area (Å²) >= 11 is 0. The molecule has 202 valence electrons. The Kier molecular flexibility index (Phi) is 7.44. The summed E-state index contributed by atoms with van der Waals surface area (Å²) in [5.74, 6) is 1.52. The zero-order valence-electron chi connectivity index (χ0n) is 22.6. The van der Waals surface area contributed by atoms with Gasteiger partial charge in [0, 0.05) is 50.0 Å². The minimum absolute atomic E-state index is 0.0961. The van der Waals surface area contributed by atoms with Crippen LogP contribution in [0.4, 0.5) is 33.4 Å². The van der Waals surface area contributed by atoms with Crippen molar-refractivity contribution < 1.29 is 13.6 Å². The second-order valence-electron chi connectivity index (χ2n) is 9.71. The lowest BCUT2D eigenvalue weighted by molar-refractivity contribution is 0.0997. The zero-order valence-corrected chi connectivity index (χ0v) is 22.6. The van der Waals surface area contributed by atoms with Crippen molar-refractivity contribution >= 4 is 34.9 Å². The van der Waals surface area contributed by atoms with Crippen molar-refractivity contribution in [2.45, 2.75) is 34.1 Å². The van der Waals surface area contributed by atoms with Crippen molar-refractivity contribution in [3.63, 3.8) is 0 Å². The molecule has 1 amide bonds. The van der Waals surface area contributed by atoms with Gasteiger partial charge in [-0.3, -0.25) is 10.1 Å². The van der Waals surface area contributed by atoms with Crippen LogP contribution in [0.2, 0.25) is 0 Å². The summed E-state index contributed by atoms with van der Waals surface area (Å²) in [6.45, 7) is 11.0. The molecule has 3 heterocycles. The summed E-state index contributed by atoms with van der Waals surface area (Å²) < 4.78 is 19.0. The quantitative estimate of drug-likeness (QED) is 0.328. The highest BCUT2D eigenvalue weighted by molar-refractivity contribution is 6.03. The molecule has 0 aliphatic carbocycles. The van der Waals surface area contributed by atoms with Crippen molar-refractivity contribution in [3.8, 4) is 0 Å². The molecule has 1 fully saturated rings. The van der Waals surface area contributed by atoms with Gasteiger partial charge in [0.2, 0.25) is 5.76 Å². The van der Waals surface area contributed by atoms with Crippen LogP contribution in [0, 0.1) is 26.6 Å². The lowest BCUT2D eigenvalue weighted by Crippen LogP contribution is -2.47. The maximum atomic E-state index is 13.3. The smallest absolute Gasteiger partial charge is 0.301 e. The number of hydrogen-bond donors (Lipinski definition) is 2. The molecule has 2 aromatic heterocycles. The van der Waals surface area contributed by atoms with E-state index >= 15 is 0 Å². The number of rotatable bonds is 7. The van der Waals surface area contributed by atoms with Gasteiger partial charge >= 0.3 is 6.01 Å². The zero-order chi connectivity index (χ0) is 27.5. The van der Waals surface area contributed by atoms with Crippen LogP contribution >= 0.6 is 0 Å². The number of aryl methyl sites for hydroxylation is 4. The average molecular weight is 530 g/mol. The first kappa shape index (κ1) is 26.1. The van der Waals surface area contributed by atoms with Gasteiger partial charge in [0.05, 0.1) is 6.20 Å². The highest BCUT2D eigenvalue weighted by Crippen LogP contribution is 2.25. The largest absolute Gasteiger partial charge is 0.418 e. The Morgan fingerprint density at radius 2 is 1.64 bits per heavy atom. The second-order valence-corrected chi connectivity index (χ2v) is 9.71. The molecule has 0 atom stereocenters. The third-order valence-electron chi connectivity index (χ3n) is 6.75. The van der Waals surface area contributed by atoms with Crippen molar-refractivity contribution in [2.24, 2.45) is 0 Å².